The highest BCUT2D eigenvalue weighted by Crippen LogP contribution is 2.43. The molecule has 1 aromatic carbocycles. The fraction of sp³-hybridized carbons (Fsp3) is 0.708. The number of carbonyl (C=O) groups excluding carboxylic acids is 1. The van der Waals surface area contributed by atoms with E-state index in [9.17, 15) is 18.0 Å². The minimum Gasteiger partial charge on any atom is -0.444 e. The Bertz CT molecular complexity index is 738. The van der Waals surface area contributed by atoms with Crippen molar-refractivity contribution in [1.29, 1.82) is 0 Å². The summed E-state index contributed by atoms with van der Waals surface area (Å²) in [6.07, 6.45) is 0.902. The fourth-order valence-electron chi connectivity index (χ4n) is 4.75. The molecule has 0 unspecified atom stereocenters. The molecular weight excluding hydrogens is 391 g/mol. The van der Waals surface area contributed by atoms with Gasteiger partial charge in [-0.3, -0.25) is 0 Å². The van der Waals surface area contributed by atoms with Crippen molar-refractivity contribution >= 4 is 6.09 Å². The van der Waals surface area contributed by atoms with Crippen LogP contribution < -0.4 is 0 Å². The Morgan fingerprint density at radius 3 is 2.03 bits per heavy atom. The molecule has 30 heavy (non-hydrogen) atoms. The molecule has 3 rings (SSSR count). The average molecular weight is 426 g/mol. The van der Waals surface area contributed by atoms with Crippen LogP contribution in [-0.2, 0) is 10.9 Å². The number of halogens is 3. The molecule has 3 nitrogen and oxygen atoms in total. The zero-order chi connectivity index (χ0) is 22.1. The van der Waals surface area contributed by atoms with Gasteiger partial charge in [-0.15, -0.1) is 0 Å². The van der Waals surface area contributed by atoms with E-state index in [4.69, 9.17) is 4.74 Å². The molecule has 1 saturated heterocycles. The largest absolute Gasteiger partial charge is 0.444 e. The lowest BCUT2D eigenvalue weighted by Crippen LogP contribution is -2.41. The van der Waals surface area contributed by atoms with Crippen molar-refractivity contribution in [3.8, 4) is 0 Å². The van der Waals surface area contributed by atoms with E-state index >= 15 is 0 Å². The smallest absolute Gasteiger partial charge is 0.416 e. The first-order chi connectivity index (χ1) is 13.9. The van der Waals surface area contributed by atoms with Crippen LogP contribution in [0.1, 0.15) is 94.7 Å². The molecule has 1 aliphatic carbocycles. The third-order valence-electron chi connectivity index (χ3n) is 6.46. The van der Waals surface area contributed by atoms with Crippen LogP contribution in [0.5, 0.6) is 0 Å². The topological polar surface area (TPSA) is 29.5 Å². The van der Waals surface area contributed by atoms with E-state index in [2.05, 4.69) is 6.92 Å². The van der Waals surface area contributed by atoms with Gasteiger partial charge in [0, 0.05) is 13.1 Å². The molecule has 168 valence electrons. The summed E-state index contributed by atoms with van der Waals surface area (Å²) in [5.41, 5.74) is 0.844. The zero-order valence-electron chi connectivity index (χ0n) is 18.5. The molecule has 6 heteroatoms. The van der Waals surface area contributed by atoms with Gasteiger partial charge in [0.1, 0.15) is 5.60 Å². The molecule has 1 heterocycles. The first-order valence-corrected chi connectivity index (χ1v) is 11.1. The monoisotopic (exact) mass is 425 g/mol. The average Bonchev–Trinajstić information content (AvgIpc) is 2.66. The van der Waals surface area contributed by atoms with E-state index in [0.717, 1.165) is 49.7 Å². The van der Waals surface area contributed by atoms with Crippen LogP contribution in [0.2, 0.25) is 0 Å². The second kappa shape index (κ2) is 8.80. The number of benzene rings is 1. The molecule has 1 aliphatic heterocycles. The van der Waals surface area contributed by atoms with Gasteiger partial charge in [0.05, 0.1) is 5.56 Å². The van der Waals surface area contributed by atoms with E-state index in [1.807, 2.05) is 20.8 Å². The van der Waals surface area contributed by atoms with E-state index in [0.29, 0.717) is 19.0 Å². The minimum atomic E-state index is -4.32. The Morgan fingerprint density at radius 2 is 1.50 bits per heavy atom. The highest BCUT2D eigenvalue weighted by molar-refractivity contribution is 5.68. The van der Waals surface area contributed by atoms with Gasteiger partial charge in [-0.2, -0.15) is 13.2 Å². The summed E-state index contributed by atoms with van der Waals surface area (Å²) in [7, 11) is 0. The lowest BCUT2D eigenvalue weighted by atomic mass is 9.75. The van der Waals surface area contributed by atoms with E-state index in [1.54, 1.807) is 11.0 Å². The Kier molecular flexibility index (Phi) is 6.73. The Hall–Kier alpha value is -1.72. The molecule has 2 aliphatic rings. The number of piperidine rings is 1. The van der Waals surface area contributed by atoms with Crippen molar-refractivity contribution in [3.05, 3.63) is 34.9 Å². The Labute approximate surface area is 178 Å². The normalized spacial score (nSPS) is 24.0. The quantitative estimate of drug-likeness (QED) is 0.505. The lowest BCUT2D eigenvalue weighted by Gasteiger charge is -2.36. The maximum atomic E-state index is 13.4. The maximum Gasteiger partial charge on any atom is 0.416 e. The van der Waals surface area contributed by atoms with Crippen molar-refractivity contribution in [2.24, 2.45) is 5.92 Å². The van der Waals surface area contributed by atoms with Crippen LogP contribution in [-0.4, -0.2) is 29.7 Å². The Morgan fingerprint density at radius 1 is 0.933 bits per heavy atom. The molecule has 0 radical (unpaired) electrons. The predicted molar refractivity (Wildman–Crippen MR) is 112 cm³/mol. The van der Waals surface area contributed by atoms with Crippen molar-refractivity contribution in [1.82, 2.24) is 4.90 Å². The van der Waals surface area contributed by atoms with Crippen molar-refractivity contribution in [2.75, 3.05) is 13.1 Å². The number of carbonyl (C=O) groups is 1. The van der Waals surface area contributed by atoms with Crippen LogP contribution in [0.4, 0.5) is 18.0 Å². The van der Waals surface area contributed by atoms with Gasteiger partial charge in [0.25, 0.3) is 0 Å². The third kappa shape index (κ3) is 5.70. The summed E-state index contributed by atoms with van der Waals surface area (Å²) in [6.45, 7) is 8.89. The van der Waals surface area contributed by atoms with E-state index in [1.165, 1.54) is 12.1 Å². The summed E-state index contributed by atoms with van der Waals surface area (Å²) in [5.74, 6) is 1.02. The molecule has 1 aromatic rings. The van der Waals surface area contributed by atoms with Gasteiger partial charge in [0.15, 0.2) is 0 Å². The van der Waals surface area contributed by atoms with Gasteiger partial charge in [-0.05, 0) is 87.5 Å². The fourth-order valence-corrected chi connectivity index (χ4v) is 4.75. The number of hydrogen-bond donors (Lipinski definition) is 0. The lowest BCUT2D eigenvalue weighted by molar-refractivity contribution is -0.137. The number of likely N-dealkylation sites (tertiary alicyclic amines) is 1. The SMILES string of the molecule is CC(C)(C)OC(=O)N1CCC(c2ccc(C(F)(F)F)cc2[C@H]2CC[C@H](C)CC2)CC1. The summed E-state index contributed by atoms with van der Waals surface area (Å²) in [6, 6.07) is 4.32. The highest BCUT2D eigenvalue weighted by Gasteiger charge is 2.34. The molecule has 0 aromatic heterocycles. The van der Waals surface area contributed by atoms with Crippen molar-refractivity contribution in [3.63, 3.8) is 0 Å². The van der Waals surface area contributed by atoms with Crippen LogP contribution in [0, 0.1) is 5.92 Å². The van der Waals surface area contributed by atoms with Gasteiger partial charge in [0.2, 0.25) is 0 Å². The van der Waals surface area contributed by atoms with Gasteiger partial charge < -0.3 is 9.64 Å². The number of rotatable bonds is 2. The first kappa shape index (κ1) is 23.0. The molecule has 0 spiro atoms. The molecule has 1 amide bonds. The molecule has 0 bridgehead atoms. The number of hydrogen-bond acceptors (Lipinski definition) is 2. The summed E-state index contributed by atoms with van der Waals surface area (Å²) in [4.78, 5) is 14.1. The zero-order valence-corrected chi connectivity index (χ0v) is 18.5. The van der Waals surface area contributed by atoms with Crippen molar-refractivity contribution < 1.29 is 22.7 Å². The third-order valence-corrected chi connectivity index (χ3v) is 6.46. The second-order valence-corrected chi connectivity index (χ2v) is 10.0. The standard InChI is InChI=1S/C24H34F3NO2/c1-16-5-7-17(8-6-16)21-15-19(24(25,26)27)9-10-20(21)18-11-13-28(14-12-18)22(29)30-23(2,3)4/h9-10,15-18H,5-8,11-14H2,1-4H3/t16-,17-. The second-order valence-electron chi connectivity index (χ2n) is 10.0. The van der Waals surface area contributed by atoms with Crippen molar-refractivity contribution in [2.45, 2.75) is 89.8 Å². The van der Waals surface area contributed by atoms with Crippen LogP contribution in [0.3, 0.4) is 0 Å². The van der Waals surface area contributed by atoms with Crippen LogP contribution in [0.15, 0.2) is 18.2 Å². The van der Waals surface area contributed by atoms with Gasteiger partial charge in [-0.25, -0.2) is 4.79 Å². The Balaban J connectivity index is 1.78. The van der Waals surface area contributed by atoms with E-state index < -0.39 is 17.3 Å². The number of amides is 1. The highest BCUT2D eigenvalue weighted by atomic mass is 19.4. The number of alkyl halides is 3. The molecular formula is C24H34F3NO2. The summed E-state index contributed by atoms with van der Waals surface area (Å²) in [5, 5.41) is 0. The summed E-state index contributed by atoms with van der Waals surface area (Å²) < 4.78 is 45.6. The minimum absolute atomic E-state index is 0.181. The van der Waals surface area contributed by atoms with Gasteiger partial charge in [-0.1, -0.05) is 25.8 Å². The molecule has 1 saturated carbocycles. The van der Waals surface area contributed by atoms with E-state index in [-0.39, 0.29) is 17.9 Å². The summed E-state index contributed by atoms with van der Waals surface area (Å²) >= 11 is 0. The van der Waals surface area contributed by atoms with Crippen LogP contribution in [0.25, 0.3) is 0 Å². The number of nitrogens with zero attached hydrogens (tertiary/aromatic N) is 1. The molecule has 0 N–H and O–H groups in total. The maximum absolute atomic E-state index is 13.4. The molecule has 0 atom stereocenters. The molecule has 2 fully saturated rings. The predicted octanol–water partition coefficient (Wildman–Crippen LogP) is 7.11. The number of ether oxygens (including phenoxy) is 1. The van der Waals surface area contributed by atoms with Gasteiger partial charge >= 0.3 is 12.3 Å². The first-order valence-electron chi connectivity index (χ1n) is 11.1. The van der Waals surface area contributed by atoms with Crippen LogP contribution >= 0.6 is 0 Å².